The molecular formula is C18H28O2. The largest absolute Gasteiger partial charge is 0.386 e. The molecule has 2 heteroatoms. The van der Waals surface area contributed by atoms with Gasteiger partial charge in [0.25, 0.3) is 0 Å². The smallest absolute Gasteiger partial charge is 0.106 e. The van der Waals surface area contributed by atoms with Crippen LogP contribution in [0.5, 0.6) is 0 Å². The number of hydrogen-bond donors (Lipinski definition) is 1. The van der Waals surface area contributed by atoms with Crippen molar-refractivity contribution in [3.05, 3.63) is 34.9 Å². The highest BCUT2D eigenvalue weighted by Crippen LogP contribution is 2.35. The first-order valence-electron chi connectivity index (χ1n) is 8.00. The van der Waals surface area contributed by atoms with Gasteiger partial charge >= 0.3 is 0 Å². The van der Waals surface area contributed by atoms with Gasteiger partial charge < -0.3 is 9.84 Å². The summed E-state index contributed by atoms with van der Waals surface area (Å²) in [5, 5.41) is 10.8. The average molecular weight is 276 g/mol. The van der Waals surface area contributed by atoms with E-state index in [4.69, 9.17) is 4.74 Å². The molecule has 1 aromatic carbocycles. The molecule has 1 aromatic rings. The van der Waals surface area contributed by atoms with Crippen molar-refractivity contribution >= 4 is 0 Å². The van der Waals surface area contributed by atoms with E-state index in [9.17, 15) is 5.11 Å². The Bertz CT molecular complexity index is 421. The molecule has 0 radical (unpaired) electrons. The van der Waals surface area contributed by atoms with Gasteiger partial charge in [0.1, 0.15) is 6.10 Å². The summed E-state index contributed by atoms with van der Waals surface area (Å²) >= 11 is 0. The van der Waals surface area contributed by atoms with Gasteiger partial charge in [-0.15, -0.1) is 0 Å². The van der Waals surface area contributed by atoms with Crippen molar-refractivity contribution < 1.29 is 9.84 Å². The van der Waals surface area contributed by atoms with E-state index < -0.39 is 6.10 Å². The van der Waals surface area contributed by atoms with Gasteiger partial charge in [0.05, 0.1) is 6.10 Å². The van der Waals surface area contributed by atoms with Gasteiger partial charge in [0.2, 0.25) is 0 Å². The van der Waals surface area contributed by atoms with Crippen molar-refractivity contribution in [1.29, 1.82) is 0 Å². The lowest BCUT2D eigenvalue weighted by Gasteiger charge is -2.34. The summed E-state index contributed by atoms with van der Waals surface area (Å²) in [6, 6.07) is 6.28. The molecule has 112 valence electrons. The fourth-order valence-electron chi connectivity index (χ4n) is 3.47. The average Bonchev–Trinajstić information content (AvgIpc) is 2.45. The first-order chi connectivity index (χ1) is 9.63. The summed E-state index contributed by atoms with van der Waals surface area (Å²) in [5.41, 5.74) is 3.43. The van der Waals surface area contributed by atoms with E-state index in [0.29, 0.717) is 12.5 Å². The number of ether oxygens (including phenoxy) is 1. The van der Waals surface area contributed by atoms with Crippen molar-refractivity contribution in [3.8, 4) is 0 Å². The van der Waals surface area contributed by atoms with Gasteiger partial charge in [-0.25, -0.2) is 0 Å². The molecule has 2 rings (SSSR count). The lowest BCUT2D eigenvalue weighted by molar-refractivity contribution is -0.0741. The van der Waals surface area contributed by atoms with E-state index in [1.165, 1.54) is 37.7 Å². The number of aliphatic hydroxyl groups is 1. The Hall–Kier alpha value is -0.860. The Morgan fingerprint density at radius 1 is 1.20 bits per heavy atom. The Morgan fingerprint density at radius 3 is 2.50 bits per heavy atom. The van der Waals surface area contributed by atoms with E-state index in [1.54, 1.807) is 0 Å². The number of benzene rings is 1. The first-order valence-corrected chi connectivity index (χ1v) is 8.00. The van der Waals surface area contributed by atoms with Crippen LogP contribution in [0.15, 0.2) is 18.2 Å². The minimum atomic E-state index is -0.501. The quantitative estimate of drug-likeness (QED) is 0.867. The van der Waals surface area contributed by atoms with Crippen LogP contribution in [0.4, 0.5) is 0 Å². The second-order valence-corrected chi connectivity index (χ2v) is 6.12. The van der Waals surface area contributed by atoms with Crippen LogP contribution in [-0.2, 0) is 4.74 Å². The third-order valence-corrected chi connectivity index (χ3v) is 4.53. The molecule has 0 aliphatic heterocycles. The monoisotopic (exact) mass is 276 g/mol. The summed E-state index contributed by atoms with van der Waals surface area (Å²) in [7, 11) is 0. The first kappa shape index (κ1) is 15.5. The third-order valence-electron chi connectivity index (χ3n) is 4.53. The molecule has 1 aliphatic rings. The third kappa shape index (κ3) is 3.62. The molecule has 0 aromatic heterocycles. The zero-order valence-electron chi connectivity index (χ0n) is 13.1. The lowest BCUT2D eigenvalue weighted by atomic mass is 9.81. The molecular weight excluding hydrogens is 248 g/mol. The van der Waals surface area contributed by atoms with Crippen molar-refractivity contribution in [3.63, 3.8) is 0 Å². The molecule has 0 saturated heterocycles. The molecule has 2 unspecified atom stereocenters. The minimum Gasteiger partial charge on any atom is -0.386 e. The Morgan fingerprint density at radius 2 is 1.90 bits per heavy atom. The molecule has 1 saturated carbocycles. The number of hydrogen-bond acceptors (Lipinski definition) is 2. The van der Waals surface area contributed by atoms with Gasteiger partial charge in [0, 0.05) is 6.61 Å². The van der Waals surface area contributed by atoms with Crippen LogP contribution in [0, 0.1) is 19.8 Å². The van der Waals surface area contributed by atoms with Gasteiger partial charge in [0.15, 0.2) is 0 Å². The number of rotatable bonds is 5. The maximum Gasteiger partial charge on any atom is 0.106 e. The predicted octanol–water partition coefficient (Wildman–Crippen LogP) is 4.32. The van der Waals surface area contributed by atoms with Crippen molar-refractivity contribution in [2.75, 3.05) is 6.61 Å². The van der Waals surface area contributed by atoms with Crippen LogP contribution >= 0.6 is 0 Å². The van der Waals surface area contributed by atoms with Crippen LogP contribution in [0.3, 0.4) is 0 Å². The molecule has 2 atom stereocenters. The van der Waals surface area contributed by atoms with Crippen molar-refractivity contribution in [2.24, 2.45) is 5.92 Å². The summed E-state index contributed by atoms with van der Waals surface area (Å²) in [4.78, 5) is 0. The Labute approximate surface area is 123 Å². The lowest BCUT2D eigenvalue weighted by Crippen LogP contribution is -2.32. The SMILES string of the molecule is CCOC(C1CCCCC1)C(O)c1ccc(C)cc1C. The van der Waals surface area contributed by atoms with E-state index in [-0.39, 0.29) is 6.10 Å². The molecule has 1 aliphatic carbocycles. The van der Waals surface area contributed by atoms with Gasteiger partial charge in [-0.2, -0.15) is 0 Å². The van der Waals surface area contributed by atoms with E-state index in [2.05, 4.69) is 32.0 Å². The zero-order valence-corrected chi connectivity index (χ0v) is 13.1. The van der Waals surface area contributed by atoms with Crippen molar-refractivity contribution in [2.45, 2.75) is 65.1 Å². The zero-order chi connectivity index (χ0) is 14.5. The molecule has 0 amide bonds. The van der Waals surface area contributed by atoms with Crippen LogP contribution in [0.2, 0.25) is 0 Å². The van der Waals surface area contributed by atoms with Gasteiger partial charge in [-0.05, 0) is 50.7 Å². The second kappa shape index (κ2) is 7.24. The highest BCUT2D eigenvalue weighted by Gasteiger charge is 2.31. The van der Waals surface area contributed by atoms with E-state index in [1.807, 2.05) is 6.92 Å². The standard InChI is InChI=1S/C18H28O2/c1-4-20-18(15-8-6-5-7-9-15)17(19)16-11-10-13(2)12-14(16)3/h10-12,15,17-19H,4-9H2,1-3H3. The highest BCUT2D eigenvalue weighted by atomic mass is 16.5. The van der Waals surface area contributed by atoms with Gasteiger partial charge in [-0.3, -0.25) is 0 Å². The topological polar surface area (TPSA) is 29.5 Å². The summed E-state index contributed by atoms with van der Waals surface area (Å²) in [6.45, 7) is 6.85. The fraction of sp³-hybridized carbons (Fsp3) is 0.667. The fourth-order valence-corrected chi connectivity index (χ4v) is 3.47. The predicted molar refractivity (Wildman–Crippen MR) is 82.9 cm³/mol. The normalized spacial score (nSPS) is 19.8. The highest BCUT2D eigenvalue weighted by molar-refractivity contribution is 5.32. The number of aryl methyl sites for hydroxylation is 2. The second-order valence-electron chi connectivity index (χ2n) is 6.12. The molecule has 0 bridgehead atoms. The Kier molecular flexibility index (Phi) is 5.62. The minimum absolute atomic E-state index is 0.0540. The molecule has 1 N–H and O–H groups in total. The maximum atomic E-state index is 10.8. The van der Waals surface area contributed by atoms with Crippen LogP contribution < -0.4 is 0 Å². The maximum absolute atomic E-state index is 10.8. The molecule has 20 heavy (non-hydrogen) atoms. The van der Waals surface area contributed by atoms with Crippen LogP contribution in [-0.4, -0.2) is 17.8 Å². The summed E-state index contributed by atoms with van der Waals surface area (Å²) in [6.07, 6.45) is 5.69. The number of aliphatic hydroxyl groups excluding tert-OH is 1. The Balaban J connectivity index is 2.18. The van der Waals surface area contributed by atoms with Crippen LogP contribution in [0.1, 0.15) is 61.8 Å². The molecule has 0 spiro atoms. The summed E-state index contributed by atoms with van der Waals surface area (Å²) in [5.74, 6) is 0.499. The van der Waals surface area contributed by atoms with Crippen molar-refractivity contribution in [1.82, 2.24) is 0 Å². The van der Waals surface area contributed by atoms with E-state index >= 15 is 0 Å². The van der Waals surface area contributed by atoms with Crippen LogP contribution in [0.25, 0.3) is 0 Å². The molecule has 0 heterocycles. The van der Waals surface area contributed by atoms with E-state index in [0.717, 1.165) is 11.1 Å². The van der Waals surface area contributed by atoms with Gasteiger partial charge in [-0.1, -0.05) is 43.0 Å². The molecule has 2 nitrogen and oxygen atoms in total. The summed E-state index contributed by atoms with van der Waals surface area (Å²) < 4.78 is 5.93. The molecule has 1 fully saturated rings.